The van der Waals surface area contributed by atoms with Gasteiger partial charge in [-0.25, -0.2) is 13.8 Å². The zero-order valence-electron chi connectivity index (χ0n) is 17.3. The average molecular weight is 410 g/mol. The van der Waals surface area contributed by atoms with E-state index in [9.17, 15) is 0 Å². The molecule has 3 aliphatic heterocycles. The summed E-state index contributed by atoms with van der Waals surface area (Å²) in [4.78, 5) is 6.53. The highest BCUT2D eigenvalue weighted by Crippen LogP contribution is 2.42. The number of hydrogen-bond donors (Lipinski definition) is 1. The highest BCUT2D eigenvalue weighted by Gasteiger charge is 2.28. The average Bonchev–Trinajstić information content (AvgIpc) is 3.12. The lowest BCUT2D eigenvalue weighted by Crippen LogP contribution is -2.49. The maximum Gasteiger partial charge on any atom is 0.173 e. The van der Waals surface area contributed by atoms with Crippen molar-refractivity contribution < 1.29 is 13.5 Å². The van der Waals surface area contributed by atoms with Crippen molar-refractivity contribution in [2.24, 2.45) is 0 Å². The summed E-state index contributed by atoms with van der Waals surface area (Å²) in [7, 11) is 1.60. The molecule has 1 N–H and O–H groups in total. The fourth-order valence-electron chi connectivity index (χ4n) is 4.61. The van der Waals surface area contributed by atoms with Crippen LogP contribution in [0.25, 0.3) is 33.1 Å². The Bertz CT molecular complexity index is 1240. The van der Waals surface area contributed by atoms with Gasteiger partial charge in [-0.15, -0.1) is 0 Å². The molecule has 5 rings (SSSR count). The first-order valence-electron chi connectivity index (χ1n) is 10.3. The molecule has 7 heteroatoms. The van der Waals surface area contributed by atoms with Crippen LogP contribution in [0.15, 0.2) is 30.5 Å². The fraction of sp³-hybridized carbons (Fsp3) is 0.348. The van der Waals surface area contributed by atoms with Gasteiger partial charge in [0.05, 0.1) is 18.3 Å². The van der Waals surface area contributed by atoms with Gasteiger partial charge in [0.2, 0.25) is 0 Å². The molecule has 2 aromatic rings. The number of aryl methyl sites for hydroxylation is 1. The van der Waals surface area contributed by atoms with E-state index in [1.807, 2.05) is 42.8 Å². The molecule has 3 aliphatic rings. The predicted molar refractivity (Wildman–Crippen MR) is 116 cm³/mol. The van der Waals surface area contributed by atoms with Crippen LogP contribution < -0.4 is 15.0 Å². The summed E-state index contributed by atoms with van der Waals surface area (Å²) in [6.45, 7) is 6.35. The van der Waals surface area contributed by atoms with Crippen molar-refractivity contribution in [3.63, 3.8) is 0 Å². The van der Waals surface area contributed by atoms with E-state index >= 15 is 8.78 Å². The summed E-state index contributed by atoms with van der Waals surface area (Å²) < 4.78 is 38.4. The molecule has 0 spiro atoms. The van der Waals surface area contributed by atoms with Gasteiger partial charge in [-0.05, 0) is 26.0 Å². The maximum atomic E-state index is 15.8. The van der Waals surface area contributed by atoms with E-state index in [1.54, 1.807) is 12.0 Å². The number of nitrogens with zero attached hydrogens (tertiary/aromatic N) is 3. The summed E-state index contributed by atoms with van der Waals surface area (Å²) in [5.74, 6) is -0.433. The number of pyridine rings is 1. The first kappa shape index (κ1) is 19.1. The molecular weight excluding hydrogens is 386 g/mol. The number of para-hydroxylation sites is 1. The van der Waals surface area contributed by atoms with E-state index in [1.165, 1.54) is 6.07 Å². The largest absolute Gasteiger partial charge is 0.494 e. The number of piperazine rings is 1. The molecule has 156 valence electrons. The minimum absolute atomic E-state index is 0.0473. The Balaban J connectivity index is 1.84. The lowest BCUT2D eigenvalue weighted by molar-refractivity contribution is 0.419. The Kier molecular flexibility index (Phi) is 4.50. The van der Waals surface area contributed by atoms with Crippen LogP contribution in [0.3, 0.4) is 0 Å². The highest BCUT2D eigenvalue weighted by molar-refractivity contribution is 6.08. The Morgan fingerprint density at radius 1 is 1.27 bits per heavy atom. The van der Waals surface area contributed by atoms with Crippen LogP contribution in [-0.4, -0.2) is 42.3 Å². The second-order valence-electron chi connectivity index (χ2n) is 7.86. The molecule has 0 saturated carbocycles. The Labute approximate surface area is 173 Å². The van der Waals surface area contributed by atoms with Crippen molar-refractivity contribution in [2.75, 3.05) is 31.6 Å². The molecule has 5 nitrogen and oxygen atoms in total. The normalized spacial score (nSPS) is 17.4. The van der Waals surface area contributed by atoms with Crippen LogP contribution in [0.5, 0.6) is 5.75 Å². The van der Waals surface area contributed by atoms with Crippen molar-refractivity contribution in [1.82, 2.24) is 14.9 Å². The third-order valence-corrected chi connectivity index (χ3v) is 6.01. The fourth-order valence-corrected chi connectivity index (χ4v) is 4.61. The smallest absolute Gasteiger partial charge is 0.173 e. The first-order valence-corrected chi connectivity index (χ1v) is 10.3. The van der Waals surface area contributed by atoms with E-state index < -0.39 is 11.6 Å². The van der Waals surface area contributed by atoms with Gasteiger partial charge >= 0.3 is 0 Å². The van der Waals surface area contributed by atoms with Gasteiger partial charge in [0.1, 0.15) is 22.8 Å². The monoisotopic (exact) mass is 410 g/mol. The van der Waals surface area contributed by atoms with Crippen molar-refractivity contribution in [1.29, 1.82) is 0 Å². The molecule has 0 aromatic heterocycles. The third-order valence-electron chi connectivity index (χ3n) is 6.01. The van der Waals surface area contributed by atoms with E-state index in [0.29, 0.717) is 54.0 Å². The number of anilines is 1. The van der Waals surface area contributed by atoms with E-state index in [4.69, 9.17) is 9.72 Å². The quantitative estimate of drug-likeness (QED) is 0.544. The number of rotatable bonds is 3. The van der Waals surface area contributed by atoms with E-state index in [0.717, 1.165) is 10.9 Å². The highest BCUT2D eigenvalue weighted by atomic mass is 19.1. The number of benzene rings is 2. The minimum atomic E-state index is -0.553. The molecule has 0 radical (unpaired) electrons. The zero-order chi connectivity index (χ0) is 21.0. The molecule has 30 heavy (non-hydrogen) atoms. The Morgan fingerprint density at radius 3 is 2.83 bits per heavy atom. The van der Waals surface area contributed by atoms with Gasteiger partial charge in [0.15, 0.2) is 5.82 Å². The Morgan fingerprint density at radius 2 is 2.10 bits per heavy atom. The summed E-state index contributed by atoms with van der Waals surface area (Å²) in [5.41, 5.74) is 2.58. The molecule has 0 amide bonds. The van der Waals surface area contributed by atoms with Gasteiger partial charge in [-0.3, -0.25) is 0 Å². The summed E-state index contributed by atoms with van der Waals surface area (Å²) in [5, 5.41) is 4.71. The number of fused-ring (bicyclic) bond motifs is 5. The number of methoxy groups -OCH3 is 1. The minimum Gasteiger partial charge on any atom is -0.494 e. The van der Waals surface area contributed by atoms with Gasteiger partial charge in [-0.1, -0.05) is 12.1 Å². The number of aromatic nitrogens is 2. The van der Waals surface area contributed by atoms with E-state index in [2.05, 4.69) is 5.32 Å². The second kappa shape index (κ2) is 7.09. The summed E-state index contributed by atoms with van der Waals surface area (Å²) in [6, 6.07) is 7.31. The molecule has 0 aliphatic carbocycles. The summed E-state index contributed by atoms with van der Waals surface area (Å²) >= 11 is 0. The van der Waals surface area contributed by atoms with Crippen LogP contribution in [0.1, 0.15) is 13.8 Å². The molecule has 1 fully saturated rings. The predicted octanol–water partition coefficient (Wildman–Crippen LogP) is 4.40. The molecule has 0 bridgehead atoms. The third kappa shape index (κ3) is 2.72. The van der Waals surface area contributed by atoms with Crippen LogP contribution in [0.4, 0.5) is 14.5 Å². The number of halogens is 2. The standard InChI is InChI=1S/C23H24F2N4O/c1-4-28-12-16-14-6-5-7-18(30-3)21(14)27-20(16)15-10-17(24)23(19(25)22(15)28)29-9-8-26-13(2)11-29/h5-7,10,12-13,26H,4,8-9,11H2,1-3H3. The molecule has 1 saturated heterocycles. The van der Waals surface area contributed by atoms with Crippen LogP contribution in [0.2, 0.25) is 0 Å². The molecular formula is C23H24F2N4O. The van der Waals surface area contributed by atoms with Gasteiger partial charge in [-0.2, -0.15) is 0 Å². The van der Waals surface area contributed by atoms with Crippen LogP contribution in [0, 0.1) is 11.6 Å². The van der Waals surface area contributed by atoms with Gasteiger partial charge < -0.3 is 19.5 Å². The van der Waals surface area contributed by atoms with Crippen molar-refractivity contribution in [3.8, 4) is 17.0 Å². The van der Waals surface area contributed by atoms with E-state index in [-0.39, 0.29) is 11.7 Å². The van der Waals surface area contributed by atoms with Gasteiger partial charge in [0, 0.05) is 54.8 Å². The lowest BCUT2D eigenvalue weighted by Gasteiger charge is -2.34. The Hall–Kier alpha value is -2.93. The molecule has 2 aromatic carbocycles. The zero-order valence-corrected chi connectivity index (χ0v) is 17.3. The summed E-state index contributed by atoms with van der Waals surface area (Å²) in [6.07, 6.45) is 1.91. The lowest BCUT2D eigenvalue weighted by atomic mass is 10.0. The second-order valence-corrected chi connectivity index (χ2v) is 7.86. The van der Waals surface area contributed by atoms with Gasteiger partial charge in [0.25, 0.3) is 0 Å². The molecule has 1 atom stereocenters. The van der Waals surface area contributed by atoms with Crippen LogP contribution in [-0.2, 0) is 6.54 Å². The SMILES string of the molecule is CCn1cc2c3cccc(OC)c3nc-2c2cc(F)c(N3CCNC(C)C3)c(F)c21. The van der Waals surface area contributed by atoms with Crippen molar-refractivity contribution >= 4 is 27.5 Å². The first-order chi connectivity index (χ1) is 14.5. The topological polar surface area (TPSA) is 42.3 Å². The van der Waals surface area contributed by atoms with Crippen molar-refractivity contribution in [2.45, 2.75) is 26.4 Å². The van der Waals surface area contributed by atoms with Crippen molar-refractivity contribution in [3.05, 3.63) is 42.1 Å². The molecule has 1 unspecified atom stereocenters. The maximum absolute atomic E-state index is 15.8. The number of nitrogens with one attached hydrogen (secondary N) is 1. The van der Waals surface area contributed by atoms with Crippen LogP contribution >= 0.6 is 0 Å². The number of ether oxygens (including phenoxy) is 1. The number of hydrogen-bond acceptors (Lipinski definition) is 4. The molecule has 3 heterocycles.